The fourth-order valence-electron chi connectivity index (χ4n) is 2.76. The van der Waals surface area contributed by atoms with Crippen LogP contribution in [0.3, 0.4) is 0 Å². The number of fused-ring (bicyclic) bond motifs is 1. The Kier molecular flexibility index (Phi) is 3.91. The quantitative estimate of drug-likeness (QED) is 0.934. The Labute approximate surface area is 125 Å². The predicted octanol–water partition coefficient (Wildman–Crippen LogP) is 2.72. The highest BCUT2D eigenvalue weighted by atomic mass is 16.2. The molecule has 0 aromatic heterocycles. The maximum atomic E-state index is 12.5. The van der Waals surface area contributed by atoms with Gasteiger partial charge < -0.3 is 10.2 Å². The second-order valence-corrected chi connectivity index (χ2v) is 5.55. The SMILES string of the molecule is CN(CCc1ccccc1)C(=O)[C@@H]1Cc2ccccc2N1. The molecule has 21 heavy (non-hydrogen) atoms. The Morgan fingerprint density at radius 2 is 1.86 bits per heavy atom. The normalized spacial score (nSPS) is 16.1. The van der Waals surface area contributed by atoms with E-state index in [-0.39, 0.29) is 11.9 Å². The molecule has 0 aliphatic carbocycles. The van der Waals surface area contributed by atoms with Gasteiger partial charge in [0.15, 0.2) is 0 Å². The summed E-state index contributed by atoms with van der Waals surface area (Å²) >= 11 is 0. The highest BCUT2D eigenvalue weighted by Crippen LogP contribution is 2.25. The van der Waals surface area contributed by atoms with Crippen molar-refractivity contribution in [3.63, 3.8) is 0 Å². The molecule has 1 amide bonds. The topological polar surface area (TPSA) is 32.3 Å². The van der Waals surface area contributed by atoms with E-state index in [4.69, 9.17) is 0 Å². The van der Waals surface area contributed by atoms with Gasteiger partial charge in [-0.25, -0.2) is 0 Å². The molecule has 108 valence electrons. The van der Waals surface area contributed by atoms with Gasteiger partial charge in [-0.1, -0.05) is 48.5 Å². The molecule has 3 rings (SSSR count). The van der Waals surface area contributed by atoms with Crippen molar-refractivity contribution in [3.8, 4) is 0 Å². The molecule has 2 aromatic carbocycles. The molecule has 2 aromatic rings. The van der Waals surface area contributed by atoms with E-state index in [0.717, 1.165) is 25.1 Å². The second-order valence-electron chi connectivity index (χ2n) is 5.55. The summed E-state index contributed by atoms with van der Waals surface area (Å²) in [5.41, 5.74) is 3.58. The minimum absolute atomic E-state index is 0.122. The zero-order chi connectivity index (χ0) is 14.7. The maximum Gasteiger partial charge on any atom is 0.245 e. The average molecular weight is 280 g/mol. The van der Waals surface area contributed by atoms with E-state index in [2.05, 4.69) is 23.5 Å². The molecule has 0 saturated carbocycles. The number of hydrogen-bond acceptors (Lipinski definition) is 2. The van der Waals surface area contributed by atoms with Crippen molar-refractivity contribution in [3.05, 3.63) is 65.7 Å². The Balaban J connectivity index is 1.56. The van der Waals surface area contributed by atoms with Gasteiger partial charge >= 0.3 is 0 Å². The first-order valence-electron chi connectivity index (χ1n) is 7.37. The smallest absolute Gasteiger partial charge is 0.245 e. The van der Waals surface area contributed by atoms with Gasteiger partial charge in [0.05, 0.1) is 0 Å². The van der Waals surface area contributed by atoms with Crippen LogP contribution in [0.4, 0.5) is 5.69 Å². The van der Waals surface area contributed by atoms with Crippen molar-refractivity contribution in [2.75, 3.05) is 18.9 Å². The predicted molar refractivity (Wildman–Crippen MR) is 85.3 cm³/mol. The number of nitrogens with one attached hydrogen (secondary N) is 1. The first-order valence-corrected chi connectivity index (χ1v) is 7.37. The Bertz CT molecular complexity index is 599. The van der Waals surface area contributed by atoms with Gasteiger partial charge in [0.2, 0.25) is 5.91 Å². The third-order valence-corrected chi connectivity index (χ3v) is 4.02. The van der Waals surface area contributed by atoms with Crippen molar-refractivity contribution in [1.82, 2.24) is 4.90 Å². The molecule has 0 spiro atoms. The Morgan fingerprint density at radius 3 is 2.62 bits per heavy atom. The molecule has 0 bridgehead atoms. The maximum absolute atomic E-state index is 12.5. The largest absolute Gasteiger partial charge is 0.373 e. The van der Waals surface area contributed by atoms with E-state index >= 15 is 0 Å². The van der Waals surface area contributed by atoms with Gasteiger partial charge in [0.25, 0.3) is 0 Å². The first kappa shape index (κ1) is 13.7. The van der Waals surface area contributed by atoms with Crippen LogP contribution in [0.5, 0.6) is 0 Å². The van der Waals surface area contributed by atoms with E-state index < -0.39 is 0 Å². The molecular weight excluding hydrogens is 260 g/mol. The number of rotatable bonds is 4. The zero-order valence-corrected chi connectivity index (χ0v) is 12.3. The van der Waals surface area contributed by atoms with E-state index in [1.807, 2.05) is 48.3 Å². The molecule has 1 aliphatic rings. The summed E-state index contributed by atoms with van der Waals surface area (Å²) in [5.74, 6) is 0.169. The highest BCUT2D eigenvalue weighted by Gasteiger charge is 2.28. The Morgan fingerprint density at radius 1 is 1.14 bits per heavy atom. The molecule has 0 fully saturated rings. The zero-order valence-electron chi connectivity index (χ0n) is 12.3. The molecule has 1 atom stereocenters. The van der Waals surface area contributed by atoms with Crippen LogP contribution >= 0.6 is 0 Å². The van der Waals surface area contributed by atoms with Crippen molar-refractivity contribution in [2.24, 2.45) is 0 Å². The van der Waals surface area contributed by atoms with Crippen molar-refractivity contribution >= 4 is 11.6 Å². The van der Waals surface area contributed by atoms with Crippen LogP contribution in [-0.2, 0) is 17.6 Å². The van der Waals surface area contributed by atoms with Crippen LogP contribution < -0.4 is 5.32 Å². The molecule has 3 heteroatoms. The summed E-state index contributed by atoms with van der Waals surface area (Å²) in [6, 6.07) is 18.3. The number of amides is 1. The van der Waals surface area contributed by atoms with Gasteiger partial charge in [-0.05, 0) is 23.6 Å². The molecule has 0 radical (unpaired) electrons. The molecule has 1 heterocycles. The standard InChI is InChI=1S/C18H20N2O/c1-20(12-11-14-7-3-2-4-8-14)18(21)17-13-15-9-5-6-10-16(15)19-17/h2-10,17,19H,11-13H2,1H3/t17-/m0/s1. The fourth-order valence-corrected chi connectivity index (χ4v) is 2.76. The summed E-state index contributed by atoms with van der Waals surface area (Å²) in [5, 5.41) is 3.32. The lowest BCUT2D eigenvalue weighted by Gasteiger charge is -2.21. The van der Waals surface area contributed by atoms with Gasteiger partial charge in [0.1, 0.15) is 6.04 Å². The first-order chi connectivity index (χ1) is 10.2. The highest BCUT2D eigenvalue weighted by molar-refractivity contribution is 5.87. The summed E-state index contributed by atoms with van der Waals surface area (Å²) in [7, 11) is 1.88. The number of carbonyl (C=O) groups is 1. The number of para-hydroxylation sites is 1. The Hall–Kier alpha value is -2.29. The molecule has 1 aliphatic heterocycles. The van der Waals surface area contributed by atoms with Gasteiger partial charge in [-0.2, -0.15) is 0 Å². The molecular formula is C18H20N2O. The van der Waals surface area contributed by atoms with Crippen molar-refractivity contribution < 1.29 is 4.79 Å². The van der Waals surface area contributed by atoms with Gasteiger partial charge in [-0.15, -0.1) is 0 Å². The third kappa shape index (κ3) is 3.07. The van der Waals surface area contributed by atoms with Crippen LogP contribution in [0.25, 0.3) is 0 Å². The number of benzene rings is 2. The summed E-state index contributed by atoms with van der Waals surface area (Å²) in [6.45, 7) is 0.747. The molecule has 3 nitrogen and oxygen atoms in total. The van der Waals surface area contributed by atoms with E-state index in [1.54, 1.807) is 0 Å². The van der Waals surface area contributed by atoms with E-state index in [9.17, 15) is 4.79 Å². The number of carbonyl (C=O) groups excluding carboxylic acids is 1. The van der Waals surface area contributed by atoms with Crippen LogP contribution in [0.15, 0.2) is 54.6 Å². The number of anilines is 1. The molecule has 1 N–H and O–H groups in total. The number of hydrogen-bond donors (Lipinski definition) is 1. The van der Waals surface area contributed by atoms with Crippen LogP contribution in [0.1, 0.15) is 11.1 Å². The second kappa shape index (κ2) is 6.00. The molecule has 0 unspecified atom stereocenters. The van der Waals surface area contributed by atoms with E-state index in [0.29, 0.717) is 0 Å². The third-order valence-electron chi connectivity index (χ3n) is 4.02. The van der Waals surface area contributed by atoms with Gasteiger partial charge in [-0.3, -0.25) is 4.79 Å². The lowest BCUT2D eigenvalue weighted by Crippen LogP contribution is -2.40. The van der Waals surface area contributed by atoms with E-state index in [1.165, 1.54) is 11.1 Å². The summed E-state index contributed by atoms with van der Waals surface area (Å²) in [4.78, 5) is 14.3. The van der Waals surface area contributed by atoms with Gasteiger partial charge in [0, 0.05) is 25.7 Å². The van der Waals surface area contributed by atoms with Crippen molar-refractivity contribution in [1.29, 1.82) is 0 Å². The molecule has 0 saturated heterocycles. The monoisotopic (exact) mass is 280 g/mol. The fraction of sp³-hybridized carbons (Fsp3) is 0.278. The van der Waals surface area contributed by atoms with Crippen LogP contribution in [0.2, 0.25) is 0 Å². The lowest BCUT2D eigenvalue weighted by atomic mass is 10.1. The lowest BCUT2D eigenvalue weighted by molar-refractivity contribution is -0.130. The average Bonchev–Trinajstić information content (AvgIpc) is 2.97. The minimum Gasteiger partial charge on any atom is -0.373 e. The summed E-state index contributed by atoms with van der Waals surface area (Å²) < 4.78 is 0. The van der Waals surface area contributed by atoms with Crippen LogP contribution in [0, 0.1) is 0 Å². The number of nitrogens with zero attached hydrogens (tertiary/aromatic N) is 1. The number of likely N-dealkylation sites (N-methyl/N-ethyl adjacent to an activating group) is 1. The van der Waals surface area contributed by atoms with Crippen LogP contribution in [-0.4, -0.2) is 30.4 Å². The summed E-state index contributed by atoms with van der Waals surface area (Å²) in [6.07, 6.45) is 1.67. The van der Waals surface area contributed by atoms with Crippen molar-refractivity contribution in [2.45, 2.75) is 18.9 Å². The minimum atomic E-state index is -0.122.